The average molecular weight is 360 g/mol. The number of oxazole rings is 1. The summed E-state index contributed by atoms with van der Waals surface area (Å²) < 4.78 is 5.47. The third kappa shape index (κ3) is 3.39. The van der Waals surface area contributed by atoms with Gasteiger partial charge in [-0.15, -0.1) is 11.3 Å². The number of urea groups is 1. The van der Waals surface area contributed by atoms with Crippen molar-refractivity contribution in [3.05, 3.63) is 29.5 Å². The minimum absolute atomic E-state index is 0.0217. The van der Waals surface area contributed by atoms with Crippen molar-refractivity contribution >= 4 is 23.3 Å². The van der Waals surface area contributed by atoms with Gasteiger partial charge in [0.2, 0.25) is 11.8 Å². The highest BCUT2D eigenvalue weighted by atomic mass is 32.1. The van der Waals surface area contributed by atoms with E-state index in [0.717, 1.165) is 30.8 Å². The second-order valence-corrected chi connectivity index (χ2v) is 7.28. The summed E-state index contributed by atoms with van der Waals surface area (Å²) in [7, 11) is 0. The number of rotatable bonds is 4. The van der Waals surface area contributed by atoms with E-state index in [1.54, 1.807) is 17.6 Å². The van der Waals surface area contributed by atoms with Gasteiger partial charge < -0.3 is 19.5 Å². The molecule has 25 heavy (non-hydrogen) atoms. The summed E-state index contributed by atoms with van der Waals surface area (Å²) >= 11 is 1.56. The van der Waals surface area contributed by atoms with Crippen molar-refractivity contribution in [2.24, 2.45) is 0 Å². The number of hydrogen-bond donors (Lipinski definition) is 1. The van der Waals surface area contributed by atoms with Gasteiger partial charge in [-0.05, 0) is 24.3 Å². The van der Waals surface area contributed by atoms with Gasteiger partial charge in [-0.1, -0.05) is 6.07 Å². The van der Waals surface area contributed by atoms with E-state index in [9.17, 15) is 9.59 Å². The van der Waals surface area contributed by atoms with Crippen LogP contribution in [0, 0.1) is 0 Å². The fourth-order valence-corrected chi connectivity index (χ4v) is 4.09. The Morgan fingerprint density at radius 1 is 1.36 bits per heavy atom. The molecule has 0 bridgehead atoms. The summed E-state index contributed by atoms with van der Waals surface area (Å²) in [4.78, 5) is 33.4. The second kappa shape index (κ2) is 6.87. The normalized spacial score (nSPS) is 18.6. The first kappa shape index (κ1) is 16.1. The molecule has 0 aromatic carbocycles. The Hall–Kier alpha value is -2.35. The molecular formula is C17H20N4O3S. The Bertz CT molecular complexity index is 750. The molecule has 0 atom stereocenters. The SMILES string of the molecule is O=C(Cc1coc(-c2cccs2)n1)N1CCC(N2CCNC2=O)CC1. The summed E-state index contributed by atoms with van der Waals surface area (Å²) in [5.74, 6) is 0.631. The fourth-order valence-electron chi connectivity index (χ4n) is 3.43. The molecule has 2 fully saturated rings. The standard InChI is InChI=1S/C17H20N4O3S/c22-15(10-12-11-24-16(19-12)14-2-1-9-25-14)20-6-3-13(4-7-20)21-8-5-18-17(21)23/h1-2,9,11,13H,3-8,10H2,(H,18,23). The van der Waals surface area contributed by atoms with Crippen LogP contribution in [0.1, 0.15) is 18.5 Å². The van der Waals surface area contributed by atoms with Crippen LogP contribution in [0.3, 0.4) is 0 Å². The van der Waals surface area contributed by atoms with E-state index in [1.165, 1.54) is 0 Å². The zero-order valence-corrected chi connectivity index (χ0v) is 14.6. The minimum Gasteiger partial charge on any atom is -0.444 e. The van der Waals surface area contributed by atoms with Gasteiger partial charge in [0.25, 0.3) is 0 Å². The second-order valence-electron chi connectivity index (χ2n) is 6.34. The summed E-state index contributed by atoms with van der Waals surface area (Å²) in [6, 6.07) is 4.15. The lowest BCUT2D eigenvalue weighted by Gasteiger charge is -2.36. The summed E-state index contributed by atoms with van der Waals surface area (Å²) in [6.45, 7) is 2.85. The number of carbonyl (C=O) groups is 2. The third-order valence-electron chi connectivity index (χ3n) is 4.76. The summed E-state index contributed by atoms with van der Waals surface area (Å²) in [5, 5.41) is 4.80. The van der Waals surface area contributed by atoms with E-state index in [4.69, 9.17) is 4.42 Å². The molecule has 7 nitrogen and oxygen atoms in total. The van der Waals surface area contributed by atoms with E-state index in [1.807, 2.05) is 27.3 Å². The number of nitrogens with zero attached hydrogens (tertiary/aromatic N) is 3. The maximum atomic E-state index is 12.5. The molecule has 2 saturated heterocycles. The molecule has 4 rings (SSSR count). The van der Waals surface area contributed by atoms with E-state index in [-0.39, 0.29) is 24.4 Å². The molecule has 0 radical (unpaired) electrons. The van der Waals surface area contributed by atoms with Crippen LogP contribution in [-0.4, -0.2) is 58.9 Å². The van der Waals surface area contributed by atoms with Crippen LogP contribution in [0.4, 0.5) is 4.79 Å². The third-order valence-corrected chi connectivity index (χ3v) is 5.62. The highest BCUT2D eigenvalue weighted by molar-refractivity contribution is 7.13. The van der Waals surface area contributed by atoms with Crippen molar-refractivity contribution in [2.75, 3.05) is 26.2 Å². The van der Waals surface area contributed by atoms with Gasteiger partial charge in [0.15, 0.2) is 0 Å². The van der Waals surface area contributed by atoms with Crippen molar-refractivity contribution in [1.29, 1.82) is 0 Å². The van der Waals surface area contributed by atoms with Gasteiger partial charge >= 0.3 is 6.03 Å². The van der Waals surface area contributed by atoms with E-state index >= 15 is 0 Å². The Morgan fingerprint density at radius 2 is 2.20 bits per heavy atom. The molecule has 0 saturated carbocycles. The number of carbonyl (C=O) groups excluding carboxylic acids is 2. The molecule has 0 unspecified atom stereocenters. The van der Waals surface area contributed by atoms with Crippen LogP contribution < -0.4 is 5.32 Å². The van der Waals surface area contributed by atoms with Crippen LogP contribution >= 0.6 is 11.3 Å². The molecule has 2 aliphatic rings. The van der Waals surface area contributed by atoms with Crippen LogP contribution in [0.5, 0.6) is 0 Å². The van der Waals surface area contributed by atoms with E-state index < -0.39 is 0 Å². The van der Waals surface area contributed by atoms with Crippen LogP contribution in [0.2, 0.25) is 0 Å². The largest absolute Gasteiger partial charge is 0.444 e. The molecular weight excluding hydrogens is 340 g/mol. The van der Waals surface area contributed by atoms with Crippen LogP contribution in [-0.2, 0) is 11.2 Å². The lowest BCUT2D eigenvalue weighted by atomic mass is 10.0. The van der Waals surface area contributed by atoms with Crippen molar-refractivity contribution < 1.29 is 14.0 Å². The van der Waals surface area contributed by atoms with E-state index in [0.29, 0.717) is 24.7 Å². The summed E-state index contributed by atoms with van der Waals surface area (Å²) in [6.07, 6.45) is 3.48. The predicted molar refractivity (Wildman–Crippen MR) is 93.2 cm³/mol. The molecule has 2 aliphatic heterocycles. The molecule has 4 heterocycles. The number of piperidine rings is 1. The maximum absolute atomic E-state index is 12.5. The molecule has 2 aromatic rings. The topological polar surface area (TPSA) is 78.7 Å². The van der Waals surface area contributed by atoms with Gasteiger partial charge in [-0.2, -0.15) is 0 Å². The zero-order chi connectivity index (χ0) is 17.2. The van der Waals surface area contributed by atoms with Crippen molar-refractivity contribution in [3.63, 3.8) is 0 Å². The monoisotopic (exact) mass is 360 g/mol. The quantitative estimate of drug-likeness (QED) is 0.904. The molecule has 0 aliphatic carbocycles. The fraction of sp³-hybridized carbons (Fsp3) is 0.471. The van der Waals surface area contributed by atoms with Crippen molar-refractivity contribution in [3.8, 4) is 10.8 Å². The van der Waals surface area contributed by atoms with Crippen molar-refractivity contribution in [1.82, 2.24) is 20.1 Å². The minimum atomic E-state index is 0.0217. The Labute approximate surface area is 149 Å². The first-order chi connectivity index (χ1) is 12.2. The number of aromatic nitrogens is 1. The van der Waals surface area contributed by atoms with Gasteiger partial charge in [-0.25, -0.2) is 9.78 Å². The van der Waals surface area contributed by atoms with Gasteiger partial charge in [0.1, 0.15) is 6.26 Å². The van der Waals surface area contributed by atoms with Crippen LogP contribution in [0.25, 0.3) is 10.8 Å². The Morgan fingerprint density at radius 3 is 2.88 bits per heavy atom. The van der Waals surface area contributed by atoms with Gasteiger partial charge in [0, 0.05) is 32.2 Å². The zero-order valence-electron chi connectivity index (χ0n) is 13.8. The highest BCUT2D eigenvalue weighted by Crippen LogP contribution is 2.24. The molecule has 2 aromatic heterocycles. The first-order valence-electron chi connectivity index (χ1n) is 8.51. The van der Waals surface area contributed by atoms with Gasteiger partial charge in [0.05, 0.1) is 17.0 Å². The molecule has 3 amide bonds. The number of thiophene rings is 1. The Balaban J connectivity index is 1.31. The smallest absolute Gasteiger partial charge is 0.317 e. The predicted octanol–water partition coefficient (Wildman–Crippen LogP) is 1.96. The lowest BCUT2D eigenvalue weighted by molar-refractivity contribution is -0.131. The van der Waals surface area contributed by atoms with E-state index in [2.05, 4.69) is 10.3 Å². The van der Waals surface area contributed by atoms with Gasteiger partial charge in [-0.3, -0.25) is 4.79 Å². The van der Waals surface area contributed by atoms with Crippen molar-refractivity contribution in [2.45, 2.75) is 25.3 Å². The Kier molecular flexibility index (Phi) is 4.44. The maximum Gasteiger partial charge on any atom is 0.317 e. The summed E-state index contributed by atoms with van der Waals surface area (Å²) in [5.41, 5.74) is 0.662. The number of likely N-dealkylation sites (tertiary alicyclic amines) is 1. The molecule has 0 spiro atoms. The first-order valence-corrected chi connectivity index (χ1v) is 9.39. The number of nitrogens with one attached hydrogen (secondary N) is 1. The lowest BCUT2D eigenvalue weighted by Crippen LogP contribution is -2.48. The molecule has 1 N–H and O–H groups in total. The molecule has 8 heteroatoms. The number of amides is 3. The molecule has 132 valence electrons. The number of hydrogen-bond acceptors (Lipinski definition) is 5. The highest BCUT2D eigenvalue weighted by Gasteiger charge is 2.32. The average Bonchev–Trinajstić information content (AvgIpc) is 3.36. The van der Waals surface area contributed by atoms with Crippen LogP contribution in [0.15, 0.2) is 28.2 Å².